The molecule has 0 bridgehead atoms. The molecule has 1 aliphatic rings. The van der Waals surface area contributed by atoms with Gasteiger partial charge in [-0.25, -0.2) is 14.2 Å². The lowest BCUT2D eigenvalue weighted by molar-refractivity contribution is 0.0697. The number of likely N-dealkylation sites (tertiary alicyclic amines) is 1. The lowest BCUT2D eigenvalue weighted by Crippen LogP contribution is -2.35. The maximum absolute atomic E-state index is 13.0. The maximum atomic E-state index is 13.0. The van der Waals surface area contributed by atoms with E-state index in [2.05, 4.69) is 22.1 Å². The van der Waals surface area contributed by atoms with Crippen LogP contribution in [0, 0.1) is 5.82 Å². The number of carboxylic acid groups (broad SMARTS) is 1. The number of anilines is 1. The number of nitrogens with zero attached hydrogens (tertiary/aromatic N) is 2. The first-order chi connectivity index (χ1) is 9.11. The van der Waals surface area contributed by atoms with E-state index in [-0.39, 0.29) is 11.4 Å². The number of carboxylic acids is 1. The number of halogens is 1. The average molecular weight is 267 g/mol. The minimum absolute atomic E-state index is 0.124. The number of aromatic carboxylic acids is 1. The van der Waals surface area contributed by atoms with Crippen LogP contribution in [0.15, 0.2) is 12.3 Å². The first-order valence-corrected chi connectivity index (χ1v) is 6.48. The van der Waals surface area contributed by atoms with Crippen LogP contribution in [-0.2, 0) is 0 Å². The van der Waals surface area contributed by atoms with E-state index in [1.54, 1.807) is 0 Å². The molecule has 1 saturated heterocycles. The van der Waals surface area contributed by atoms with Crippen LogP contribution in [-0.4, -0.2) is 46.6 Å². The van der Waals surface area contributed by atoms with Gasteiger partial charge < -0.3 is 10.4 Å². The Bertz CT molecular complexity index is 467. The van der Waals surface area contributed by atoms with Crippen molar-refractivity contribution in [2.45, 2.75) is 25.8 Å². The lowest BCUT2D eigenvalue weighted by atomic mass is 10.2. The Kier molecular flexibility index (Phi) is 4.31. The monoisotopic (exact) mass is 267 g/mol. The van der Waals surface area contributed by atoms with Crippen LogP contribution in [0.2, 0.25) is 0 Å². The summed E-state index contributed by atoms with van der Waals surface area (Å²) < 4.78 is 13.0. The van der Waals surface area contributed by atoms with Crippen molar-refractivity contribution in [1.82, 2.24) is 9.88 Å². The second-order valence-corrected chi connectivity index (χ2v) is 4.66. The van der Waals surface area contributed by atoms with Gasteiger partial charge in [0.25, 0.3) is 0 Å². The van der Waals surface area contributed by atoms with Gasteiger partial charge in [-0.3, -0.25) is 4.90 Å². The van der Waals surface area contributed by atoms with Gasteiger partial charge in [0.15, 0.2) is 0 Å². The molecule has 104 valence electrons. The number of likely N-dealkylation sites (N-methyl/N-ethyl adjacent to an activating group) is 1. The lowest BCUT2D eigenvalue weighted by Gasteiger charge is -2.23. The van der Waals surface area contributed by atoms with Gasteiger partial charge in [-0.05, 0) is 32.0 Å². The predicted octanol–water partition coefficient (Wildman–Crippen LogP) is 1.82. The molecule has 1 aliphatic heterocycles. The van der Waals surface area contributed by atoms with Crippen molar-refractivity contribution in [1.29, 1.82) is 0 Å². The van der Waals surface area contributed by atoms with Crippen LogP contribution in [0.3, 0.4) is 0 Å². The number of pyridine rings is 1. The van der Waals surface area contributed by atoms with E-state index in [9.17, 15) is 9.18 Å². The molecule has 0 spiro atoms. The second-order valence-electron chi connectivity index (χ2n) is 4.66. The molecule has 1 atom stereocenters. The van der Waals surface area contributed by atoms with Gasteiger partial charge in [-0.15, -0.1) is 0 Å². The number of rotatable bonds is 5. The number of hydrogen-bond donors (Lipinski definition) is 2. The Labute approximate surface area is 111 Å². The molecule has 1 aromatic heterocycles. The Morgan fingerprint density at radius 3 is 3.16 bits per heavy atom. The summed E-state index contributed by atoms with van der Waals surface area (Å²) in [6.45, 7) is 4.80. The molecule has 6 heteroatoms. The fourth-order valence-electron chi connectivity index (χ4n) is 2.50. The van der Waals surface area contributed by atoms with Gasteiger partial charge in [0, 0.05) is 12.6 Å². The standard InChI is InChI=1S/C13H18FN3O2/c1-2-17-5-3-4-10(17)8-16-12-11(13(18)19)6-9(14)7-15-12/h6-7,10H,2-5,8H2,1H3,(H,15,16)(H,18,19). The van der Waals surface area contributed by atoms with E-state index in [0.29, 0.717) is 12.6 Å². The van der Waals surface area contributed by atoms with Gasteiger partial charge in [-0.2, -0.15) is 0 Å². The van der Waals surface area contributed by atoms with E-state index in [1.165, 1.54) is 0 Å². The van der Waals surface area contributed by atoms with Crippen LogP contribution < -0.4 is 5.32 Å². The highest BCUT2D eigenvalue weighted by Gasteiger charge is 2.23. The van der Waals surface area contributed by atoms with Gasteiger partial charge in [-0.1, -0.05) is 6.92 Å². The second kappa shape index (κ2) is 5.97. The van der Waals surface area contributed by atoms with Crippen LogP contribution in [0.4, 0.5) is 10.2 Å². The Hall–Kier alpha value is -1.69. The summed E-state index contributed by atoms with van der Waals surface area (Å²) in [5.74, 6) is -1.58. The molecular weight excluding hydrogens is 249 g/mol. The molecule has 2 heterocycles. The molecule has 0 amide bonds. The molecule has 0 radical (unpaired) electrons. The molecule has 0 aromatic carbocycles. The smallest absolute Gasteiger partial charge is 0.339 e. The highest BCUT2D eigenvalue weighted by atomic mass is 19.1. The van der Waals surface area contributed by atoms with E-state index in [1.807, 2.05) is 0 Å². The Morgan fingerprint density at radius 2 is 2.47 bits per heavy atom. The summed E-state index contributed by atoms with van der Waals surface area (Å²) >= 11 is 0. The molecule has 2 rings (SSSR count). The average Bonchev–Trinajstić information content (AvgIpc) is 2.84. The topological polar surface area (TPSA) is 65.5 Å². The number of nitrogens with one attached hydrogen (secondary N) is 1. The minimum Gasteiger partial charge on any atom is -0.478 e. The Balaban J connectivity index is 2.05. The van der Waals surface area contributed by atoms with E-state index in [4.69, 9.17) is 5.11 Å². The summed E-state index contributed by atoms with van der Waals surface area (Å²) in [6, 6.07) is 1.38. The fourth-order valence-corrected chi connectivity index (χ4v) is 2.50. The van der Waals surface area contributed by atoms with Gasteiger partial charge in [0.1, 0.15) is 17.2 Å². The third kappa shape index (κ3) is 3.20. The van der Waals surface area contributed by atoms with Crippen molar-refractivity contribution in [3.8, 4) is 0 Å². The molecule has 1 fully saturated rings. The highest BCUT2D eigenvalue weighted by molar-refractivity contribution is 5.93. The summed E-state index contributed by atoms with van der Waals surface area (Å²) in [6.07, 6.45) is 3.27. The van der Waals surface area contributed by atoms with Crippen molar-refractivity contribution in [2.75, 3.05) is 25.0 Å². The molecule has 19 heavy (non-hydrogen) atoms. The summed E-state index contributed by atoms with van der Waals surface area (Å²) in [7, 11) is 0. The van der Waals surface area contributed by atoms with E-state index < -0.39 is 11.8 Å². The first-order valence-electron chi connectivity index (χ1n) is 6.48. The van der Waals surface area contributed by atoms with E-state index >= 15 is 0 Å². The molecule has 1 aromatic rings. The van der Waals surface area contributed by atoms with E-state index in [0.717, 1.165) is 38.2 Å². The SMILES string of the molecule is CCN1CCCC1CNc1ncc(F)cc1C(=O)O. The number of hydrogen-bond acceptors (Lipinski definition) is 4. The van der Waals surface area contributed by atoms with Crippen LogP contribution in [0.5, 0.6) is 0 Å². The minimum atomic E-state index is -1.17. The zero-order chi connectivity index (χ0) is 13.8. The van der Waals surface area contributed by atoms with Crippen molar-refractivity contribution in [3.05, 3.63) is 23.6 Å². The highest BCUT2D eigenvalue weighted by Crippen LogP contribution is 2.19. The van der Waals surface area contributed by atoms with Gasteiger partial charge >= 0.3 is 5.97 Å². The summed E-state index contributed by atoms with van der Waals surface area (Å²) in [4.78, 5) is 17.2. The summed E-state index contributed by atoms with van der Waals surface area (Å²) in [5, 5.41) is 12.1. The Morgan fingerprint density at radius 1 is 1.68 bits per heavy atom. The molecular formula is C13H18FN3O2. The van der Waals surface area contributed by atoms with Crippen molar-refractivity contribution >= 4 is 11.8 Å². The molecule has 0 saturated carbocycles. The van der Waals surface area contributed by atoms with Gasteiger partial charge in [0.2, 0.25) is 0 Å². The van der Waals surface area contributed by atoms with Crippen molar-refractivity contribution < 1.29 is 14.3 Å². The third-order valence-corrected chi connectivity index (χ3v) is 3.50. The molecule has 0 aliphatic carbocycles. The number of carbonyl (C=O) groups is 1. The molecule has 2 N–H and O–H groups in total. The van der Waals surface area contributed by atoms with Crippen LogP contribution in [0.1, 0.15) is 30.1 Å². The largest absolute Gasteiger partial charge is 0.478 e. The predicted molar refractivity (Wildman–Crippen MR) is 69.9 cm³/mol. The normalized spacial score (nSPS) is 19.6. The maximum Gasteiger partial charge on any atom is 0.339 e. The summed E-state index contributed by atoms with van der Waals surface area (Å²) in [5.41, 5.74) is -0.124. The first kappa shape index (κ1) is 13.7. The zero-order valence-electron chi connectivity index (χ0n) is 10.9. The van der Waals surface area contributed by atoms with Crippen LogP contribution >= 0.6 is 0 Å². The van der Waals surface area contributed by atoms with Crippen molar-refractivity contribution in [3.63, 3.8) is 0 Å². The van der Waals surface area contributed by atoms with Crippen LogP contribution in [0.25, 0.3) is 0 Å². The molecule has 5 nitrogen and oxygen atoms in total. The third-order valence-electron chi connectivity index (χ3n) is 3.50. The quantitative estimate of drug-likeness (QED) is 0.852. The zero-order valence-corrected chi connectivity index (χ0v) is 10.9. The molecule has 1 unspecified atom stereocenters. The fraction of sp³-hybridized carbons (Fsp3) is 0.538. The number of aromatic nitrogens is 1. The van der Waals surface area contributed by atoms with Crippen molar-refractivity contribution in [2.24, 2.45) is 0 Å². The van der Waals surface area contributed by atoms with Gasteiger partial charge in [0.05, 0.1) is 6.20 Å².